The van der Waals surface area contributed by atoms with Gasteiger partial charge < -0.3 is 9.74 Å². The minimum Gasteiger partial charge on any atom is -0.363 e. The molecular formula is C12H14N2O3. The Morgan fingerprint density at radius 1 is 1.24 bits per heavy atom. The Kier molecular flexibility index (Phi) is 3.39. The number of nitrogens with zero attached hydrogens (tertiary/aromatic N) is 2. The summed E-state index contributed by atoms with van der Waals surface area (Å²) in [7, 11) is 1.73. The summed E-state index contributed by atoms with van der Waals surface area (Å²) >= 11 is 0. The van der Waals surface area contributed by atoms with Gasteiger partial charge in [-0.25, -0.2) is 4.79 Å². The second-order valence-corrected chi connectivity index (χ2v) is 3.92. The van der Waals surface area contributed by atoms with Gasteiger partial charge >= 0.3 is 5.97 Å². The predicted molar refractivity (Wildman–Crippen MR) is 61.1 cm³/mol. The average Bonchev–Trinajstić information content (AvgIpc) is 2.35. The van der Waals surface area contributed by atoms with E-state index in [-0.39, 0.29) is 12.5 Å². The number of hydroxylamine groups is 2. The third kappa shape index (κ3) is 2.82. The van der Waals surface area contributed by atoms with E-state index in [9.17, 15) is 9.59 Å². The third-order valence-corrected chi connectivity index (χ3v) is 2.64. The summed E-state index contributed by atoms with van der Waals surface area (Å²) in [6, 6.07) is 8.73. The van der Waals surface area contributed by atoms with Crippen LogP contribution in [0.15, 0.2) is 30.3 Å². The molecule has 2 rings (SSSR count). The number of amides is 1. The van der Waals surface area contributed by atoms with Crippen LogP contribution in [0.25, 0.3) is 0 Å². The van der Waals surface area contributed by atoms with E-state index >= 15 is 0 Å². The first-order chi connectivity index (χ1) is 8.16. The summed E-state index contributed by atoms with van der Waals surface area (Å²) in [6.45, 7) is 1.23. The molecule has 0 saturated carbocycles. The Bertz CT molecular complexity index is 419. The lowest BCUT2D eigenvalue weighted by Gasteiger charge is -2.30. The largest absolute Gasteiger partial charge is 0.363 e. The van der Waals surface area contributed by atoms with Gasteiger partial charge in [0.2, 0.25) is 5.91 Å². The van der Waals surface area contributed by atoms with E-state index in [4.69, 9.17) is 4.84 Å². The van der Waals surface area contributed by atoms with Gasteiger partial charge in [-0.1, -0.05) is 18.2 Å². The van der Waals surface area contributed by atoms with Crippen LogP contribution in [0, 0.1) is 0 Å². The van der Waals surface area contributed by atoms with Gasteiger partial charge in [-0.2, -0.15) is 0 Å². The number of hydrogen-bond acceptors (Lipinski definition) is 4. The Labute approximate surface area is 99.5 Å². The molecule has 0 N–H and O–H groups in total. The first kappa shape index (κ1) is 11.6. The molecule has 0 aromatic heterocycles. The average molecular weight is 234 g/mol. The highest BCUT2D eigenvalue weighted by Crippen LogP contribution is 2.06. The standard InChI is InChI=1S/C12H14N2O3/c1-13-7-8-14(9-11(13)15)17-12(16)10-5-3-2-4-6-10/h2-6H,7-9H2,1H3. The molecule has 5 nitrogen and oxygen atoms in total. The number of carbonyl (C=O) groups excluding carboxylic acids is 2. The van der Waals surface area contributed by atoms with Gasteiger partial charge in [-0.05, 0) is 12.1 Å². The fourth-order valence-corrected chi connectivity index (χ4v) is 1.56. The molecule has 1 fully saturated rings. The second-order valence-electron chi connectivity index (χ2n) is 3.92. The van der Waals surface area contributed by atoms with Gasteiger partial charge in [0.15, 0.2) is 0 Å². The number of hydrogen-bond donors (Lipinski definition) is 0. The molecule has 0 spiro atoms. The van der Waals surface area contributed by atoms with E-state index in [1.165, 1.54) is 5.06 Å². The van der Waals surface area contributed by atoms with Crippen molar-refractivity contribution in [1.29, 1.82) is 0 Å². The highest BCUT2D eigenvalue weighted by molar-refractivity contribution is 5.89. The molecule has 0 bridgehead atoms. The molecule has 1 aliphatic heterocycles. The maximum atomic E-state index is 11.7. The van der Waals surface area contributed by atoms with Crippen molar-refractivity contribution >= 4 is 11.9 Å². The van der Waals surface area contributed by atoms with E-state index in [1.807, 2.05) is 6.07 Å². The molecule has 1 aromatic rings. The molecule has 17 heavy (non-hydrogen) atoms. The maximum Gasteiger partial charge on any atom is 0.357 e. The highest BCUT2D eigenvalue weighted by atomic mass is 16.7. The first-order valence-electron chi connectivity index (χ1n) is 5.43. The van der Waals surface area contributed by atoms with Crippen LogP contribution < -0.4 is 0 Å². The molecular weight excluding hydrogens is 220 g/mol. The smallest absolute Gasteiger partial charge is 0.357 e. The van der Waals surface area contributed by atoms with Crippen molar-refractivity contribution in [3.8, 4) is 0 Å². The van der Waals surface area contributed by atoms with Crippen LogP contribution in [0.2, 0.25) is 0 Å². The van der Waals surface area contributed by atoms with E-state index in [2.05, 4.69) is 0 Å². The number of benzene rings is 1. The van der Waals surface area contributed by atoms with Crippen LogP contribution in [0.1, 0.15) is 10.4 Å². The van der Waals surface area contributed by atoms with Crippen molar-refractivity contribution < 1.29 is 14.4 Å². The molecule has 1 saturated heterocycles. The fraction of sp³-hybridized carbons (Fsp3) is 0.333. The van der Waals surface area contributed by atoms with E-state index < -0.39 is 5.97 Å². The maximum absolute atomic E-state index is 11.7. The van der Waals surface area contributed by atoms with E-state index in [0.29, 0.717) is 18.7 Å². The monoisotopic (exact) mass is 234 g/mol. The number of likely N-dealkylation sites (N-methyl/N-ethyl adjacent to an activating group) is 1. The van der Waals surface area contributed by atoms with Crippen LogP contribution in [0.4, 0.5) is 0 Å². The van der Waals surface area contributed by atoms with Crippen molar-refractivity contribution in [3.63, 3.8) is 0 Å². The number of carbonyl (C=O) groups is 2. The molecule has 5 heteroatoms. The Balaban J connectivity index is 1.94. The van der Waals surface area contributed by atoms with Crippen molar-refractivity contribution in [1.82, 2.24) is 9.96 Å². The summed E-state index contributed by atoms with van der Waals surface area (Å²) in [6.07, 6.45) is 0. The Hall–Kier alpha value is -1.88. The van der Waals surface area contributed by atoms with Crippen LogP contribution in [0.3, 0.4) is 0 Å². The normalized spacial score (nSPS) is 17.0. The zero-order valence-corrected chi connectivity index (χ0v) is 9.63. The summed E-state index contributed by atoms with van der Waals surface area (Å²) in [4.78, 5) is 29.9. The SMILES string of the molecule is CN1CCN(OC(=O)c2ccccc2)CC1=O. The quantitative estimate of drug-likeness (QED) is 0.749. The van der Waals surface area contributed by atoms with Crippen LogP contribution in [-0.4, -0.2) is 48.5 Å². The lowest BCUT2D eigenvalue weighted by molar-refractivity contribution is -0.160. The van der Waals surface area contributed by atoms with Crippen molar-refractivity contribution in [2.45, 2.75) is 0 Å². The van der Waals surface area contributed by atoms with Crippen LogP contribution in [-0.2, 0) is 9.63 Å². The van der Waals surface area contributed by atoms with E-state index in [1.54, 1.807) is 36.2 Å². The summed E-state index contributed by atoms with van der Waals surface area (Å²) in [5.41, 5.74) is 0.485. The molecule has 0 radical (unpaired) electrons. The second kappa shape index (κ2) is 4.97. The van der Waals surface area contributed by atoms with Crippen LogP contribution in [0.5, 0.6) is 0 Å². The molecule has 1 aromatic carbocycles. The number of rotatable bonds is 2. The summed E-state index contributed by atoms with van der Waals surface area (Å²) < 4.78 is 0. The fourth-order valence-electron chi connectivity index (χ4n) is 1.56. The topological polar surface area (TPSA) is 49.9 Å². The van der Waals surface area contributed by atoms with Gasteiger partial charge in [0.05, 0.1) is 12.1 Å². The lowest BCUT2D eigenvalue weighted by atomic mass is 10.2. The molecule has 90 valence electrons. The summed E-state index contributed by atoms with van der Waals surface area (Å²) in [5, 5.41) is 1.40. The molecule has 0 aliphatic carbocycles. The minimum absolute atomic E-state index is 0.0443. The highest BCUT2D eigenvalue weighted by Gasteiger charge is 2.24. The molecule has 1 aliphatic rings. The van der Waals surface area contributed by atoms with E-state index in [0.717, 1.165) is 0 Å². The first-order valence-corrected chi connectivity index (χ1v) is 5.43. The zero-order chi connectivity index (χ0) is 12.3. The van der Waals surface area contributed by atoms with Gasteiger partial charge in [-0.15, -0.1) is 5.06 Å². The Morgan fingerprint density at radius 3 is 2.59 bits per heavy atom. The van der Waals surface area contributed by atoms with Gasteiger partial charge in [0.25, 0.3) is 0 Å². The lowest BCUT2D eigenvalue weighted by Crippen LogP contribution is -2.48. The van der Waals surface area contributed by atoms with Gasteiger partial charge in [0, 0.05) is 13.6 Å². The minimum atomic E-state index is -0.428. The number of piperazine rings is 1. The van der Waals surface area contributed by atoms with Crippen molar-refractivity contribution in [2.24, 2.45) is 0 Å². The van der Waals surface area contributed by atoms with Gasteiger partial charge in [-0.3, -0.25) is 4.79 Å². The molecule has 0 unspecified atom stereocenters. The zero-order valence-electron chi connectivity index (χ0n) is 9.63. The predicted octanol–water partition coefficient (Wildman–Crippen LogP) is 0.532. The van der Waals surface area contributed by atoms with Crippen LogP contribution >= 0.6 is 0 Å². The van der Waals surface area contributed by atoms with Crippen molar-refractivity contribution in [2.75, 3.05) is 26.7 Å². The molecule has 1 heterocycles. The third-order valence-electron chi connectivity index (χ3n) is 2.64. The molecule has 1 amide bonds. The van der Waals surface area contributed by atoms with Gasteiger partial charge in [0.1, 0.15) is 6.54 Å². The molecule has 0 atom stereocenters. The van der Waals surface area contributed by atoms with Crippen molar-refractivity contribution in [3.05, 3.63) is 35.9 Å². The summed E-state index contributed by atoms with van der Waals surface area (Å²) in [5.74, 6) is -0.472. The Morgan fingerprint density at radius 2 is 1.94 bits per heavy atom.